The first-order valence-electron chi connectivity index (χ1n) is 12.6. The molecule has 3 aromatic rings. The minimum absolute atomic E-state index is 0.293. The van der Waals surface area contributed by atoms with E-state index in [1.807, 2.05) is 16.9 Å². The average Bonchev–Trinajstić information content (AvgIpc) is 3.63. The predicted octanol–water partition coefficient (Wildman–Crippen LogP) is 2.94. The van der Waals surface area contributed by atoms with Crippen LogP contribution in [0.25, 0.3) is 16.7 Å². The van der Waals surface area contributed by atoms with Crippen LogP contribution in [0.3, 0.4) is 0 Å². The molecule has 0 saturated carbocycles. The summed E-state index contributed by atoms with van der Waals surface area (Å²) < 4.78 is 18.5. The zero-order valence-corrected chi connectivity index (χ0v) is 20.8. The molecule has 2 bridgehead atoms. The van der Waals surface area contributed by atoms with Crippen molar-refractivity contribution in [2.45, 2.75) is 44.2 Å². The lowest BCUT2D eigenvalue weighted by Gasteiger charge is -2.32. The van der Waals surface area contributed by atoms with Crippen molar-refractivity contribution >= 4 is 16.7 Å². The molecule has 35 heavy (non-hydrogen) atoms. The molecule has 5 heterocycles. The van der Waals surface area contributed by atoms with Crippen molar-refractivity contribution in [3.05, 3.63) is 35.5 Å². The Hall–Kier alpha value is -2.75. The molecule has 9 heteroatoms. The number of fused-ring (bicyclic) bond motifs is 3. The Morgan fingerprint density at radius 2 is 1.91 bits per heavy atom. The molecule has 0 spiro atoms. The molecular weight excluding hydrogens is 444 g/mol. The number of aryl methyl sites for hydroxylation is 1. The van der Waals surface area contributed by atoms with E-state index in [9.17, 15) is 0 Å². The molecule has 3 saturated heterocycles. The highest BCUT2D eigenvalue weighted by Crippen LogP contribution is 2.35. The third-order valence-corrected chi connectivity index (χ3v) is 7.87. The SMILES string of the molecule is COCCN1CCC(c2cc3c(cnn3-c3cc(N4CC5C[C@@H]4CO5)nc(OC)n3)cc2C)CC1. The molecule has 9 nitrogen and oxygen atoms in total. The molecule has 3 aliphatic heterocycles. The van der Waals surface area contributed by atoms with Crippen LogP contribution in [0.15, 0.2) is 24.4 Å². The normalized spacial score (nSPS) is 23.0. The van der Waals surface area contributed by atoms with E-state index in [2.05, 4.69) is 38.8 Å². The summed E-state index contributed by atoms with van der Waals surface area (Å²) in [4.78, 5) is 14.2. The van der Waals surface area contributed by atoms with E-state index in [0.717, 1.165) is 81.2 Å². The number of hydrogen-bond acceptors (Lipinski definition) is 8. The van der Waals surface area contributed by atoms with Gasteiger partial charge in [-0.15, -0.1) is 0 Å². The Labute approximate surface area is 206 Å². The number of hydrogen-bond donors (Lipinski definition) is 0. The second-order valence-electron chi connectivity index (χ2n) is 10.0. The number of methoxy groups -OCH3 is 2. The van der Waals surface area contributed by atoms with Gasteiger partial charge in [0, 0.05) is 31.7 Å². The highest BCUT2D eigenvalue weighted by molar-refractivity contribution is 5.82. The molecule has 0 amide bonds. The number of likely N-dealkylation sites (tertiary alicyclic amines) is 1. The average molecular weight is 479 g/mol. The maximum absolute atomic E-state index is 5.79. The van der Waals surface area contributed by atoms with E-state index < -0.39 is 0 Å². The van der Waals surface area contributed by atoms with Crippen molar-refractivity contribution < 1.29 is 14.2 Å². The first-order chi connectivity index (χ1) is 17.1. The summed E-state index contributed by atoms with van der Waals surface area (Å²) in [5.74, 6) is 2.16. The molecule has 0 N–H and O–H groups in total. The topological polar surface area (TPSA) is 77.8 Å². The van der Waals surface area contributed by atoms with Crippen LogP contribution >= 0.6 is 0 Å². The van der Waals surface area contributed by atoms with E-state index >= 15 is 0 Å². The lowest BCUT2D eigenvalue weighted by Crippen LogP contribution is -2.37. The van der Waals surface area contributed by atoms with Crippen molar-refractivity contribution in [1.82, 2.24) is 24.6 Å². The van der Waals surface area contributed by atoms with Crippen LogP contribution < -0.4 is 9.64 Å². The van der Waals surface area contributed by atoms with Gasteiger partial charge in [0.15, 0.2) is 5.82 Å². The molecule has 2 atom stereocenters. The number of piperidine rings is 1. The number of morpholine rings is 1. The summed E-state index contributed by atoms with van der Waals surface area (Å²) in [6.45, 7) is 7.86. The van der Waals surface area contributed by atoms with Gasteiger partial charge in [0.2, 0.25) is 0 Å². The van der Waals surface area contributed by atoms with Crippen molar-refractivity contribution in [2.24, 2.45) is 0 Å². The van der Waals surface area contributed by atoms with Gasteiger partial charge in [0.05, 0.1) is 44.2 Å². The molecule has 1 aromatic carbocycles. The van der Waals surface area contributed by atoms with Gasteiger partial charge < -0.3 is 24.0 Å². The summed E-state index contributed by atoms with van der Waals surface area (Å²) in [5, 5.41) is 5.86. The van der Waals surface area contributed by atoms with Crippen molar-refractivity contribution in [2.75, 3.05) is 58.5 Å². The fourth-order valence-electron chi connectivity index (χ4n) is 5.94. The number of benzene rings is 1. The zero-order valence-electron chi connectivity index (χ0n) is 20.8. The smallest absolute Gasteiger partial charge is 0.320 e. The van der Waals surface area contributed by atoms with Crippen molar-refractivity contribution in [1.29, 1.82) is 0 Å². The fraction of sp³-hybridized carbons (Fsp3) is 0.577. The van der Waals surface area contributed by atoms with Crippen LogP contribution in [0.2, 0.25) is 0 Å². The number of nitrogens with zero attached hydrogens (tertiary/aromatic N) is 6. The van der Waals surface area contributed by atoms with Gasteiger partial charge in [-0.1, -0.05) is 0 Å². The first kappa shape index (κ1) is 22.7. The van der Waals surface area contributed by atoms with E-state index in [4.69, 9.17) is 19.3 Å². The van der Waals surface area contributed by atoms with Crippen molar-refractivity contribution in [3.63, 3.8) is 0 Å². The minimum atomic E-state index is 0.293. The number of aromatic nitrogens is 4. The van der Waals surface area contributed by atoms with Gasteiger partial charge in [0.25, 0.3) is 0 Å². The van der Waals surface area contributed by atoms with Crippen LogP contribution in [0.1, 0.15) is 36.3 Å². The fourth-order valence-corrected chi connectivity index (χ4v) is 5.94. The largest absolute Gasteiger partial charge is 0.467 e. The number of anilines is 1. The zero-order chi connectivity index (χ0) is 23.9. The van der Waals surface area contributed by atoms with E-state index in [-0.39, 0.29) is 0 Å². The molecule has 6 rings (SSSR count). The maximum Gasteiger partial charge on any atom is 0.320 e. The summed E-state index contributed by atoms with van der Waals surface area (Å²) in [5.41, 5.74) is 3.83. The molecule has 2 aromatic heterocycles. The Morgan fingerprint density at radius 3 is 2.63 bits per heavy atom. The monoisotopic (exact) mass is 478 g/mol. The van der Waals surface area contributed by atoms with Crippen LogP contribution in [0.4, 0.5) is 5.82 Å². The van der Waals surface area contributed by atoms with Gasteiger partial charge >= 0.3 is 6.01 Å². The minimum Gasteiger partial charge on any atom is -0.467 e. The molecule has 3 fully saturated rings. The van der Waals surface area contributed by atoms with Crippen LogP contribution in [0, 0.1) is 6.92 Å². The molecule has 186 valence electrons. The van der Waals surface area contributed by atoms with Gasteiger partial charge in [0.1, 0.15) is 5.82 Å². The Morgan fingerprint density at radius 1 is 1.09 bits per heavy atom. The van der Waals surface area contributed by atoms with Crippen LogP contribution in [-0.4, -0.2) is 90.4 Å². The summed E-state index contributed by atoms with van der Waals surface area (Å²) in [7, 11) is 3.39. The number of rotatable bonds is 7. The summed E-state index contributed by atoms with van der Waals surface area (Å²) >= 11 is 0. The summed E-state index contributed by atoms with van der Waals surface area (Å²) in [6, 6.07) is 7.35. The van der Waals surface area contributed by atoms with Gasteiger partial charge in [-0.3, -0.25) is 0 Å². The lowest BCUT2D eigenvalue weighted by molar-refractivity contribution is 0.0988. The highest BCUT2D eigenvalue weighted by atomic mass is 16.5. The predicted molar refractivity (Wildman–Crippen MR) is 134 cm³/mol. The quantitative estimate of drug-likeness (QED) is 0.513. The second-order valence-corrected chi connectivity index (χ2v) is 10.0. The molecule has 1 unspecified atom stereocenters. The van der Waals surface area contributed by atoms with E-state index in [1.165, 1.54) is 11.1 Å². The first-order valence-corrected chi connectivity index (χ1v) is 12.6. The lowest BCUT2D eigenvalue weighted by atomic mass is 9.86. The molecule has 0 radical (unpaired) electrons. The Bertz CT molecular complexity index is 1210. The second kappa shape index (κ2) is 9.37. The Balaban J connectivity index is 1.32. The van der Waals surface area contributed by atoms with Crippen molar-refractivity contribution in [3.8, 4) is 11.8 Å². The van der Waals surface area contributed by atoms with Gasteiger partial charge in [-0.25, -0.2) is 4.68 Å². The third-order valence-electron chi connectivity index (χ3n) is 7.87. The molecular formula is C26H34N6O3. The highest BCUT2D eigenvalue weighted by Gasteiger charge is 2.40. The van der Waals surface area contributed by atoms with E-state index in [1.54, 1.807) is 14.2 Å². The maximum atomic E-state index is 5.79. The Kier molecular flexibility index (Phi) is 6.07. The third kappa shape index (κ3) is 4.26. The molecule has 0 aliphatic carbocycles. The standard InChI is InChI=1S/C26H34N6O3/c1-17-10-19-14-27-32(23(19)12-22(17)18-4-6-30(7-5-18)8-9-33-2)25-13-24(28-26(29-25)34-3)31-15-21-11-20(31)16-35-21/h10,12-14,18,20-21H,4-9,11,15-16H2,1-3H3/t20-,21?/m1/s1. The summed E-state index contributed by atoms with van der Waals surface area (Å²) in [6.07, 6.45) is 5.60. The number of ether oxygens (including phenoxy) is 3. The van der Waals surface area contributed by atoms with Crippen LogP contribution in [-0.2, 0) is 9.47 Å². The van der Waals surface area contributed by atoms with Crippen LogP contribution in [0.5, 0.6) is 6.01 Å². The van der Waals surface area contributed by atoms with Gasteiger partial charge in [-0.05, 0) is 68.5 Å². The van der Waals surface area contributed by atoms with Gasteiger partial charge in [-0.2, -0.15) is 15.1 Å². The van der Waals surface area contributed by atoms with E-state index in [0.29, 0.717) is 24.1 Å². The molecule has 3 aliphatic rings.